The Bertz CT molecular complexity index is 1680. The third-order valence-corrected chi connectivity index (χ3v) is 11.7. The number of hydrogen-bond donors (Lipinski definition) is 1. The summed E-state index contributed by atoms with van der Waals surface area (Å²) in [5.41, 5.74) is 1.40. The topological polar surface area (TPSA) is 91.3 Å². The van der Waals surface area contributed by atoms with Gasteiger partial charge in [-0.15, -0.1) is 0 Å². The number of aryl methyl sites for hydroxylation is 1. The Balaban J connectivity index is 1.24. The number of hydrogen-bond acceptors (Lipinski definition) is 6. The lowest BCUT2D eigenvalue weighted by Gasteiger charge is -2.25. The predicted octanol–water partition coefficient (Wildman–Crippen LogP) is 13.2. The van der Waals surface area contributed by atoms with Crippen molar-refractivity contribution in [1.29, 1.82) is 0 Å². The maximum absolute atomic E-state index is 12.7. The summed E-state index contributed by atoms with van der Waals surface area (Å²) in [7, 11) is 1.58. The molecule has 0 heterocycles. The van der Waals surface area contributed by atoms with Gasteiger partial charge in [-0.2, -0.15) is 0 Å². The zero-order valence-corrected chi connectivity index (χ0v) is 38.2. The van der Waals surface area contributed by atoms with Crippen molar-refractivity contribution in [3.8, 4) is 0 Å². The second kappa shape index (κ2) is 30.2. The van der Waals surface area contributed by atoms with Gasteiger partial charge in [-0.05, 0) is 97.0 Å². The lowest BCUT2D eigenvalue weighted by molar-refractivity contribution is -0.870. The minimum absolute atomic E-state index is 0.0504. The van der Waals surface area contributed by atoms with Crippen LogP contribution in [-0.4, -0.2) is 75.6 Å². The minimum Gasteiger partial charge on any atom is -0.463 e. The lowest BCUT2D eigenvalue weighted by atomic mass is 9.99. The molecule has 0 saturated carbocycles. The van der Waals surface area contributed by atoms with E-state index in [2.05, 4.69) is 85.8 Å². The Morgan fingerprint density at radius 1 is 0.678 bits per heavy atom. The van der Waals surface area contributed by atoms with Crippen LogP contribution in [0.2, 0.25) is 0 Å². The molecule has 59 heavy (non-hydrogen) atoms. The van der Waals surface area contributed by atoms with E-state index in [1.807, 2.05) is 21.1 Å². The van der Waals surface area contributed by atoms with Gasteiger partial charge >= 0.3 is 13.8 Å². The van der Waals surface area contributed by atoms with Gasteiger partial charge in [-0.3, -0.25) is 13.8 Å². The molecule has 0 aliphatic carbocycles. The van der Waals surface area contributed by atoms with Crippen molar-refractivity contribution in [1.82, 2.24) is 0 Å². The first-order valence-electron chi connectivity index (χ1n) is 23.0. The molecule has 1 N–H and O–H groups in total. The number of fused-ring (bicyclic) bond motifs is 2. The van der Waals surface area contributed by atoms with Crippen LogP contribution in [0.1, 0.15) is 141 Å². The predicted molar refractivity (Wildman–Crippen MR) is 247 cm³/mol. The van der Waals surface area contributed by atoms with Crippen molar-refractivity contribution < 1.29 is 37.3 Å². The molecule has 8 nitrogen and oxygen atoms in total. The van der Waals surface area contributed by atoms with Crippen LogP contribution in [0.4, 0.5) is 0 Å². The summed E-state index contributed by atoms with van der Waals surface area (Å²) in [6.45, 7) is 3.26. The molecule has 330 valence electrons. The second-order valence-corrected chi connectivity index (χ2v) is 18.6. The molecule has 0 aromatic heterocycles. The molecule has 1 unspecified atom stereocenters. The van der Waals surface area contributed by atoms with Crippen molar-refractivity contribution in [3.05, 3.63) is 84.5 Å². The number of carbonyl (C=O) groups is 1. The van der Waals surface area contributed by atoms with E-state index in [4.69, 9.17) is 18.5 Å². The summed E-state index contributed by atoms with van der Waals surface area (Å²) in [6, 6.07) is 20.0. The summed E-state index contributed by atoms with van der Waals surface area (Å²) in [4.78, 5) is 23.0. The van der Waals surface area contributed by atoms with Gasteiger partial charge in [0, 0.05) is 13.0 Å². The van der Waals surface area contributed by atoms with Crippen molar-refractivity contribution in [2.45, 2.75) is 148 Å². The normalized spacial score (nSPS) is 13.8. The van der Waals surface area contributed by atoms with Crippen molar-refractivity contribution in [2.24, 2.45) is 0 Å². The zero-order chi connectivity index (χ0) is 42.4. The molecule has 0 saturated heterocycles. The highest BCUT2D eigenvalue weighted by Gasteiger charge is 2.29. The fourth-order valence-electron chi connectivity index (χ4n) is 7.05. The lowest BCUT2D eigenvalue weighted by Crippen LogP contribution is -2.37. The number of allylic oxidation sites excluding steroid dienone is 4. The van der Waals surface area contributed by atoms with E-state index in [1.54, 1.807) is 0 Å². The maximum Gasteiger partial charge on any atom is 0.472 e. The van der Waals surface area contributed by atoms with Crippen LogP contribution in [0.15, 0.2) is 78.9 Å². The number of phosphoric acid groups is 1. The van der Waals surface area contributed by atoms with Gasteiger partial charge in [0.25, 0.3) is 0 Å². The van der Waals surface area contributed by atoms with E-state index < -0.39 is 13.9 Å². The molecule has 2 atom stereocenters. The average Bonchev–Trinajstić information content (AvgIpc) is 3.20. The molecule has 0 aliphatic heterocycles. The quantitative estimate of drug-likeness (QED) is 0.0158. The monoisotopic (exact) mass is 837 g/mol. The van der Waals surface area contributed by atoms with E-state index in [-0.39, 0.29) is 25.8 Å². The number of quaternary nitrogens is 1. The van der Waals surface area contributed by atoms with Crippen molar-refractivity contribution in [2.75, 3.05) is 54.1 Å². The van der Waals surface area contributed by atoms with Gasteiger partial charge in [0.05, 0.1) is 27.7 Å². The smallest absolute Gasteiger partial charge is 0.463 e. The molecule has 3 rings (SSSR count). The molecule has 3 aromatic carbocycles. The molecular formula is C50H79NO7P+. The zero-order valence-electron chi connectivity index (χ0n) is 37.3. The van der Waals surface area contributed by atoms with Gasteiger partial charge in [0.15, 0.2) is 0 Å². The number of rotatable bonds is 35. The highest BCUT2D eigenvalue weighted by molar-refractivity contribution is 7.47. The maximum atomic E-state index is 12.7. The third kappa shape index (κ3) is 24.9. The minimum atomic E-state index is -4.36. The van der Waals surface area contributed by atoms with Crippen LogP contribution < -0.4 is 0 Å². The third-order valence-electron chi connectivity index (χ3n) is 10.6. The fourth-order valence-corrected chi connectivity index (χ4v) is 7.92. The first kappa shape index (κ1) is 50.5. The van der Waals surface area contributed by atoms with Crippen LogP contribution in [0.25, 0.3) is 21.5 Å². The molecule has 0 radical (unpaired) electrons. The Kier molecular flexibility index (Phi) is 25.9. The number of carbonyl (C=O) groups excluding carboxylic acids is 1. The van der Waals surface area contributed by atoms with Gasteiger partial charge in [0.1, 0.15) is 25.9 Å². The SMILES string of the molecule is CCCCC/C=C\C/C=C\CCCCCCCCOC[C@@H](COC(=O)CCCCCCCCCc1ccc2cc3ccccc3cc2c1)OP(=O)(O)OCC[N+](C)(C)C. The molecule has 0 amide bonds. The Morgan fingerprint density at radius 2 is 1.27 bits per heavy atom. The summed E-state index contributed by atoms with van der Waals surface area (Å²) in [5.74, 6) is -0.328. The molecule has 0 bridgehead atoms. The summed E-state index contributed by atoms with van der Waals surface area (Å²) in [5, 5.41) is 5.17. The highest BCUT2D eigenvalue weighted by Crippen LogP contribution is 2.44. The molecule has 0 aliphatic rings. The number of benzene rings is 3. The van der Waals surface area contributed by atoms with E-state index in [1.165, 1.54) is 91.3 Å². The number of unbranched alkanes of at least 4 members (excludes halogenated alkanes) is 15. The van der Waals surface area contributed by atoms with Gasteiger partial charge in [-0.25, -0.2) is 4.57 Å². The van der Waals surface area contributed by atoms with Crippen molar-refractivity contribution in [3.63, 3.8) is 0 Å². The fraction of sp³-hybridized carbons (Fsp3) is 0.620. The van der Waals surface area contributed by atoms with Crippen LogP contribution >= 0.6 is 7.82 Å². The standard InChI is InChI=1S/C50H78NO7P/c1-5-6-7-8-9-10-11-12-13-14-15-16-17-21-24-29-37-55-42-49(58-59(53,54)57-38-36-51(2,3)4)43-56-50(52)33-26-23-20-18-19-22-25-30-44-34-35-47-40-45-31-27-28-32-46(45)41-48(47)39-44/h9-10,12-13,27-28,31-32,34-35,39-41,49H,5-8,11,14-26,29-30,33,36-38,42-43H2,1-4H3/p+1/b10-9-,13-12-/t49-/m0/s1. The number of esters is 1. The van der Waals surface area contributed by atoms with Crippen LogP contribution in [-0.2, 0) is 34.3 Å². The number of nitrogens with zero attached hydrogens (tertiary/aromatic N) is 1. The molecular weight excluding hydrogens is 758 g/mol. The first-order chi connectivity index (χ1) is 28.5. The van der Waals surface area contributed by atoms with Gasteiger partial charge in [0.2, 0.25) is 0 Å². The van der Waals surface area contributed by atoms with Gasteiger partial charge in [-0.1, -0.05) is 144 Å². The van der Waals surface area contributed by atoms with Gasteiger partial charge < -0.3 is 18.9 Å². The first-order valence-corrected chi connectivity index (χ1v) is 24.5. The summed E-state index contributed by atoms with van der Waals surface area (Å²) in [6.07, 6.45) is 31.2. The molecule has 3 aromatic rings. The van der Waals surface area contributed by atoms with E-state index in [0.29, 0.717) is 24.1 Å². The Morgan fingerprint density at radius 3 is 1.95 bits per heavy atom. The van der Waals surface area contributed by atoms with Crippen molar-refractivity contribution >= 4 is 35.3 Å². The van der Waals surface area contributed by atoms with E-state index in [0.717, 1.165) is 64.2 Å². The number of ether oxygens (including phenoxy) is 2. The largest absolute Gasteiger partial charge is 0.472 e. The number of likely N-dealkylation sites (N-methyl/N-ethyl adjacent to an activating group) is 1. The Hall–Kier alpha value is -2.84. The Labute approximate surface area is 357 Å². The average molecular weight is 837 g/mol. The van der Waals surface area contributed by atoms with Crippen LogP contribution in [0.3, 0.4) is 0 Å². The molecule has 0 fully saturated rings. The van der Waals surface area contributed by atoms with Crippen LogP contribution in [0.5, 0.6) is 0 Å². The van der Waals surface area contributed by atoms with E-state index >= 15 is 0 Å². The van der Waals surface area contributed by atoms with Crippen LogP contribution in [0, 0.1) is 0 Å². The second-order valence-electron chi connectivity index (χ2n) is 17.2. The summed E-state index contributed by atoms with van der Waals surface area (Å²) < 4.78 is 35.4. The molecule has 9 heteroatoms. The molecule has 0 spiro atoms. The van der Waals surface area contributed by atoms with E-state index in [9.17, 15) is 14.3 Å². The summed E-state index contributed by atoms with van der Waals surface area (Å²) >= 11 is 0. The highest BCUT2D eigenvalue weighted by atomic mass is 31.2. The number of phosphoric ester groups is 1.